The van der Waals surface area contributed by atoms with Gasteiger partial charge < -0.3 is 15.8 Å². The second-order valence-corrected chi connectivity index (χ2v) is 6.75. The maximum absolute atomic E-state index is 11.4. The van der Waals surface area contributed by atoms with E-state index >= 15 is 0 Å². The van der Waals surface area contributed by atoms with E-state index in [1.807, 2.05) is 6.92 Å². The molecule has 8 heteroatoms. The monoisotopic (exact) mass is 286 g/mol. The van der Waals surface area contributed by atoms with Gasteiger partial charge in [0, 0.05) is 6.54 Å². The Bertz CT molecular complexity index is 547. The number of sulfone groups is 1. The Morgan fingerprint density at radius 1 is 1.53 bits per heavy atom. The summed E-state index contributed by atoms with van der Waals surface area (Å²) in [7, 11) is -2.86. The zero-order valence-corrected chi connectivity index (χ0v) is 11.6. The molecule has 106 valence electrons. The highest BCUT2D eigenvalue weighted by Crippen LogP contribution is 2.25. The molecule has 0 aromatic carbocycles. The Labute approximate surface area is 112 Å². The van der Waals surface area contributed by atoms with Gasteiger partial charge in [0.05, 0.1) is 18.1 Å². The molecule has 1 unspecified atom stereocenters. The van der Waals surface area contributed by atoms with Crippen LogP contribution in [0.25, 0.3) is 0 Å². The number of anilines is 2. The second-order valence-electron chi connectivity index (χ2n) is 4.52. The fourth-order valence-corrected chi connectivity index (χ4v) is 3.91. The van der Waals surface area contributed by atoms with Crippen molar-refractivity contribution in [2.75, 3.05) is 35.7 Å². The van der Waals surface area contributed by atoms with Crippen LogP contribution >= 0.6 is 0 Å². The molecule has 0 spiro atoms. The molecule has 1 aliphatic heterocycles. The first kappa shape index (κ1) is 13.9. The Balaban J connectivity index is 1.98. The summed E-state index contributed by atoms with van der Waals surface area (Å²) in [6.45, 7) is 2.85. The summed E-state index contributed by atoms with van der Waals surface area (Å²) in [6.07, 6.45) is 2.05. The zero-order chi connectivity index (χ0) is 13.9. The Kier molecular flexibility index (Phi) is 4.08. The van der Waals surface area contributed by atoms with E-state index in [2.05, 4.69) is 15.3 Å². The maximum atomic E-state index is 11.4. The maximum Gasteiger partial charge on any atom is 0.242 e. The van der Waals surface area contributed by atoms with E-state index in [9.17, 15) is 8.42 Å². The van der Waals surface area contributed by atoms with Crippen LogP contribution in [0.3, 0.4) is 0 Å². The van der Waals surface area contributed by atoms with Crippen molar-refractivity contribution in [2.24, 2.45) is 5.92 Å². The highest BCUT2D eigenvalue weighted by atomic mass is 32.2. The predicted molar refractivity (Wildman–Crippen MR) is 72.9 cm³/mol. The summed E-state index contributed by atoms with van der Waals surface area (Å²) in [5.74, 6) is 1.43. The molecule has 0 amide bonds. The summed E-state index contributed by atoms with van der Waals surface area (Å²) in [5, 5.41) is 3.07. The molecule has 1 saturated heterocycles. The first-order chi connectivity index (χ1) is 9.02. The van der Waals surface area contributed by atoms with Crippen LogP contribution in [0.2, 0.25) is 0 Å². The van der Waals surface area contributed by atoms with Crippen LogP contribution in [0.4, 0.5) is 11.5 Å². The lowest BCUT2D eigenvalue weighted by Crippen LogP contribution is -2.17. The molecular weight excluding hydrogens is 268 g/mol. The lowest BCUT2D eigenvalue weighted by Gasteiger charge is -2.13. The molecule has 0 aliphatic carbocycles. The van der Waals surface area contributed by atoms with Crippen LogP contribution < -0.4 is 15.8 Å². The number of aromatic nitrogens is 2. The van der Waals surface area contributed by atoms with Gasteiger partial charge in [0.15, 0.2) is 15.7 Å². The van der Waals surface area contributed by atoms with Crippen molar-refractivity contribution in [2.45, 2.75) is 13.3 Å². The lowest BCUT2D eigenvalue weighted by atomic mass is 10.1. The Morgan fingerprint density at radius 2 is 2.32 bits per heavy atom. The van der Waals surface area contributed by atoms with E-state index in [4.69, 9.17) is 10.5 Å². The third kappa shape index (κ3) is 3.46. The van der Waals surface area contributed by atoms with Crippen LogP contribution in [0.5, 0.6) is 5.88 Å². The van der Waals surface area contributed by atoms with E-state index < -0.39 is 9.84 Å². The molecule has 3 N–H and O–H groups in total. The molecule has 7 nitrogen and oxygen atoms in total. The number of ether oxygens (including phenoxy) is 1. The molecule has 1 fully saturated rings. The number of hydrogen-bond acceptors (Lipinski definition) is 7. The standard InChI is InChI=1S/C11H18N4O3S/c1-2-18-11-9(12)10(14-7-15-11)13-5-8-3-4-19(16,17)6-8/h7-8H,2-6,12H2,1H3,(H,13,14,15). The summed E-state index contributed by atoms with van der Waals surface area (Å²) in [5.41, 5.74) is 6.23. The molecule has 1 aromatic rings. The highest BCUT2D eigenvalue weighted by Gasteiger charge is 2.27. The largest absolute Gasteiger partial charge is 0.476 e. The van der Waals surface area contributed by atoms with E-state index in [0.29, 0.717) is 37.0 Å². The van der Waals surface area contributed by atoms with Crippen LogP contribution in [0.15, 0.2) is 6.33 Å². The van der Waals surface area contributed by atoms with Crippen molar-refractivity contribution in [1.29, 1.82) is 0 Å². The van der Waals surface area contributed by atoms with Gasteiger partial charge in [0.1, 0.15) is 12.0 Å². The van der Waals surface area contributed by atoms with Crippen LogP contribution in [0, 0.1) is 5.92 Å². The van der Waals surface area contributed by atoms with E-state index in [-0.39, 0.29) is 17.4 Å². The van der Waals surface area contributed by atoms with E-state index in [1.54, 1.807) is 0 Å². The molecule has 2 rings (SSSR count). The van der Waals surface area contributed by atoms with Crippen molar-refractivity contribution in [1.82, 2.24) is 9.97 Å². The zero-order valence-electron chi connectivity index (χ0n) is 10.8. The van der Waals surface area contributed by atoms with Gasteiger partial charge in [-0.3, -0.25) is 0 Å². The third-order valence-corrected chi connectivity index (χ3v) is 4.85. The molecule has 0 radical (unpaired) electrons. The first-order valence-corrected chi connectivity index (χ1v) is 8.01. The summed E-state index contributed by atoms with van der Waals surface area (Å²) >= 11 is 0. The number of hydrogen-bond donors (Lipinski definition) is 2. The average Bonchev–Trinajstić information content (AvgIpc) is 2.70. The van der Waals surface area contributed by atoms with Crippen LogP contribution in [-0.2, 0) is 9.84 Å². The van der Waals surface area contributed by atoms with Crippen molar-refractivity contribution in [3.63, 3.8) is 0 Å². The number of nitrogens with one attached hydrogen (secondary N) is 1. The minimum atomic E-state index is -2.86. The fourth-order valence-electron chi connectivity index (χ4n) is 2.05. The lowest BCUT2D eigenvalue weighted by molar-refractivity contribution is 0.328. The first-order valence-electron chi connectivity index (χ1n) is 6.19. The van der Waals surface area contributed by atoms with Crippen molar-refractivity contribution in [3.8, 4) is 5.88 Å². The summed E-state index contributed by atoms with van der Waals surface area (Å²) in [4.78, 5) is 7.98. The average molecular weight is 286 g/mol. The quantitative estimate of drug-likeness (QED) is 0.801. The number of nitrogens with two attached hydrogens (primary N) is 1. The van der Waals surface area contributed by atoms with Gasteiger partial charge in [0.25, 0.3) is 0 Å². The molecular formula is C11H18N4O3S. The second kappa shape index (κ2) is 5.60. The predicted octanol–water partition coefficient (Wildman–Crippen LogP) is 0.304. The molecule has 1 aromatic heterocycles. The van der Waals surface area contributed by atoms with E-state index in [0.717, 1.165) is 0 Å². The Morgan fingerprint density at radius 3 is 2.95 bits per heavy atom. The number of nitrogens with zero attached hydrogens (tertiary/aromatic N) is 2. The molecule has 0 bridgehead atoms. The fraction of sp³-hybridized carbons (Fsp3) is 0.636. The smallest absolute Gasteiger partial charge is 0.242 e. The number of rotatable bonds is 5. The van der Waals surface area contributed by atoms with Gasteiger partial charge in [-0.1, -0.05) is 0 Å². The van der Waals surface area contributed by atoms with Crippen molar-refractivity contribution < 1.29 is 13.2 Å². The van der Waals surface area contributed by atoms with Crippen molar-refractivity contribution in [3.05, 3.63) is 6.33 Å². The number of nitrogen functional groups attached to an aromatic ring is 1. The topological polar surface area (TPSA) is 107 Å². The van der Waals surface area contributed by atoms with Gasteiger partial charge >= 0.3 is 0 Å². The van der Waals surface area contributed by atoms with Gasteiger partial charge in [0.2, 0.25) is 5.88 Å². The SMILES string of the molecule is CCOc1ncnc(NCC2CCS(=O)(=O)C2)c1N. The van der Waals surface area contributed by atoms with Crippen LogP contribution in [-0.4, -0.2) is 43.0 Å². The van der Waals surface area contributed by atoms with Crippen molar-refractivity contribution >= 4 is 21.3 Å². The molecule has 0 saturated carbocycles. The van der Waals surface area contributed by atoms with Gasteiger partial charge in [-0.2, -0.15) is 4.98 Å². The normalized spacial score (nSPS) is 21.2. The highest BCUT2D eigenvalue weighted by molar-refractivity contribution is 7.91. The summed E-state index contributed by atoms with van der Waals surface area (Å²) < 4.78 is 28.0. The molecule has 1 atom stereocenters. The molecule has 1 aliphatic rings. The summed E-state index contributed by atoms with van der Waals surface area (Å²) in [6, 6.07) is 0. The van der Waals surface area contributed by atoms with Gasteiger partial charge in [-0.05, 0) is 19.3 Å². The van der Waals surface area contributed by atoms with Gasteiger partial charge in [-0.25, -0.2) is 13.4 Å². The minimum absolute atomic E-state index is 0.106. The Hall–Kier alpha value is -1.57. The van der Waals surface area contributed by atoms with Crippen LogP contribution in [0.1, 0.15) is 13.3 Å². The molecule has 2 heterocycles. The molecule has 19 heavy (non-hydrogen) atoms. The van der Waals surface area contributed by atoms with E-state index in [1.165, 1.54) is 6.33 Å². The van der Waals surface area contributed by atoms with Gasteiger partial charge in [-0.15, -0.1) is 0 Å². The minimum Gasteiger partial charge on any atom is -0.476 e. The third-order valence-electron chi connectivity index (χ3n) is 3.01.